The van der Waals surface area contributed by atoms with Crippen molar-refractivity contribution in [2.24, 2.45) is 17.4 Å². The average Bonchev–Trinajstić information content (AvgIpc) is 3.71. The Labute approximate surface area is 208 Å². The SMILES string of the molecule is CN(SNC1CCN(/C(N)=C/C=C\N)CC1COC1CCC(c2cccc(F)c2)CC1)C1CC1. The highest BCUT2D eigenvalue weighted by Gasteiger charge is 2.33. The molecule has 2 saturated carbocycles. The Morgan fingerprint density at radius 3 is 2.74 bits per heavy atom. The van der Waals surface area contributed by atoms with Gasteiger partial charge in [-0.2, -0.15) is 0 Å². The molecule has 1 aromatic carbocycles. The largest absolute Gasteiger partial charge is 0.405 e. The van der Waals surface area contributed by atoms with Crippen LogP contribution >= 0.6 is 12.1 Å². The van der Waals surface area contributed by atoms with E-state index in [1.54, 1.807) is 24.3 Å². The van der Waals surface area contributed by atoms with E-state index >= 15 is 0 Å². The van der Waals surface area contributed by atoms with Gasteiger partial charge >= 0.3 is 0 Å². The Morgan fingerprint density at radius 1 is 1.24 bits per heavy atom. The van der Waals surface area contributed by atoms with Crippen LogP contribution in [0.4, 0.5) is 4.39 Å². The molecule has 0 radical (unpaired) electrons. The first-order chi connectivity index (χ1) is 16.5. The van der Waals surface area contributed by atoms with Crippen molar-refractivity contribution in [1.82, 2.24) is 13.9 Å². The third-order valence-corrected chi connectivity index (χ3v) is 8.42. The Bertz CT molecular complexity index is 840. The van der Waals surface area contributed by atoms with E-state index in [4.69, 9.17) is 16.2 Å². The van der Waals surface area contributed by atoms with Crippen molar-refractivity contribution >= 4 is 12.1 Å². The van der Waals surface area contributed by atoms with Gasteiger partial charge in [0.25, 0.3) is 0 Å². The van der Waals surface area contributed by atoms with Crippen molar-refractivity contribution in [3.63, 3.8) is 0 Å². The zero-order valence-corrected chi connectivity index (χ0v) is 21.1. The van der Waals surface area contributed by atoms with Crippen LogP contribution in [0.5, 0.6) is 0 Å². The molecule has 6 nitrogen and oxygen atoms in total. The Hall–Kier alpha value is -1.74. The van der Waals surface area contributed by atoms with Gasteiger partial charge in [-0.1, -0.05) is 12.1 Å². The lowest BCUT2D eigenvalue weighted by Crippen LogP contribution is -2.50. The van der Waals surface area contributed by atoms with Crippen molar-refractivity contribution in [2.75, 3.05) is 26.7 Å². The fraction of sp³-hybridized carbons (Fsp3) is 0.615. The molecule has 1 saturated heterocycles. The molecule has 188 valence electrons. The summed E-state index contributed by atoms with van der Waals surface area (Å²) in [5.74, 6) is 1.40. The van der Waals surface area contributed by atoms with Gasteiger partial charge in [0.05, 0.1) is 18.5 Å². The van der Waals surface area contributed by atoms with Crippen molar-refractivity contribution in [3.8, 4) is 0 Å². The molecule has 0 bridgehead atoms. The van der Waals surface area contributed by atoms with Gasteiger partial charge in [0.2, 0.25) is 0 Å². The monoisotopic (exact) mass is 489 g/mol. The Balaban J connectivity index is 1.30. The molecule has 0 spiro atoms. The fourth-order valence-corrected chi connectivity index (χ4v) is 6.07. The summed E-state index contributed by atoms with van der Waals surface area (Å²) in [5.41, 5.74) is 12.9. The number of allylic oxidation sites excluding steroid dienone is 2. The number of nitrogens with one attached hydrogen (secondary N) is 1. The number of hydrogen-bond donors (Lipinski definition) is 3. The molecule has 5 N–H and O–H groups in total. The van der Waals surface area contributed by atoms with E-state index in [0.29, 0.717) is 23.9 Å². The first kappa shape index (κ1) is 25.4. The maximum atomic E-state index is 13.6. The second kappa shape index (κ2) is 12.3. The number of rotatable bonds is 10. The molecule has 0 aromatic heterocycles. The molecule has 2 unspecified atom stereocenters. The zero-order chi connectivity index (χ0) is 23.9. The van der Waals surface area contributed by atoms with Gasteiger partial charge in [-0.05, 0) is 94.0 Å². The van der Waals surface area contributed by atoms with Gasteiger partial charge in [0, 0.05) is 43.2 Å². The second-order valence-corrected chi connectivity index (χ2v) is 10.9. The van der Waals surface area contributed by atoms with E-state index in [0.717, 1.165) is 63.2 Å². The van der Waals surface area contributed by atoms with E-state index in [2.05, 4.69) is 27.0 Å². The minimum absolute atomic E-state index is 0.142. The molecule has 1 aromatic rings. The molecule has 1 heterocycles. The molecule has 2 atom stereocenters. The minimum Gasteiger partial charge on any atom is -0.405 e. The molecular formula is C26H40FN5OS. The third-order valence-electron chi connectivity index (χ3n) is 7.43. The molecule has 3 fully saturated rings. The molecule has 1 aliphatic heterocycles. The highest BCUT2D eigenvalue weighted by Crippen LogP contribution is 2.35. The summed E-state index contributed by atoms with van der Waals surface area (Å²) >= 11 is 1.75. The average molecular weight is 490 g/mol. The quantitative estimate of drug-likeness (QED) is 0.338. The van der Waals surface area contributed by atoms with Gasteiger partial charge < -0.3 is 21.1 Å². The number of likely N-dealkylation sites (tertiary alicyclic amines) is 1. The second-order valence-electron chi connectivity index (χ2n) is 9.93. The number of nitrogens with zero attached hydrogens (tertiary/aromatic N) is 2. The Morgan fingerprint density at radius 2 is 2.03 bits per heavy atom. The van der Waals surface area contributed by atoms with E-state index in [9.17, 15) is 4.39 Å². The van der Waals surface area contributed by atoms with Crippen LogP contribution in [0.2, 0.25) is 0 Å². The lowest BCUT2D eigenvalue weighted by molar-refractivity contribution is -0.0135. The molecule has 8 heteroatoms. The van der Waals surface area contributed by atoms with Crippen LogP contribution in [0.1, 0.15) is 56.4 Å². The first-order valence-corrected chi connectivity index (χ1v) is 13.4. The number of halogens is 1. The normalized spacial score (nSPS) is 28.7. The maximum Gasteiger partial charge on any atom is 0.123 e. The highest BCUT2D eigenvalue weighted by atomic mass is 32.2. The van der Waals surface area contributed by atoms with Crippen LogP contribution in [0.3, 0.4) is 0 Å². The smallest absolute Gasteiger partial charge is 0.123 e. The van der Waals surface area contributed by atoms with Crippen LogP contribution in [0, 0.1) is 11.7 Å². The van der Waals surface area contributed by atoms with Crippen LogP contribution in [0.25, 0.3) is 0 Å². The van der Waals surface area contributed by atoms with Gasteiger partial charge in [-0.25, -0.2) is 13.4 Å². The molecule has 4 rings (SSSR count). The van der Waals surface area contributed by atoms with Gasteiger partial charge in [-0.15, -0.1) is 0 Å². The van der Waals surface area contributed by atoms with Crippen molar-refractivity contribution in [3.05, 3.63) is 59.8 Å². The molecule has 34 heavy (non-hydrogen) atoms. The van der Waals surface area contributed by atoms with Gasteiger partial charge in [0.15, 0.2) is 0 Å². The molecular weight excluding hydrogens is 449 g/mol. The van der Waals surface area contributed by atoms with E-state index in [-0.39, 0.29) is 11.9 Å². The topological polar surface area (TPSA) is 79.8 Å². The number of ether oxygens (including phenoxy) is 1. The minimum atomic E-state index is -0.142. The van der Waals surface area contributed by atoms with Crippen molar-refractivity contribution in [1.29, 1.82) is 0 Å². The van der Waals surface area contributed by atoms with Crippen LogP contribution in [0.15, 0.2) is 48.4 Å². The van der Waals surface area contributed by atoms with Crippen LogP contribution < -0.4 is 16.2 Å². The first-order valence-electron chi connectivity index (χ1n) is 12.6. The summed E-state index contributed by atoms with van der Waals surface area (Å²) in [5, 5.41) is 0. The number of piperidine rings is 1. The van der Waals surface area contributed by atoms with E-state index in [1.807, 2.05) is 12.1 Å². The third kappa shape index (κ3) is 7.13. The summed E-state index contributed by atoms with van der Waals surface area (Å²) in [6, 6.07) is 8.16. The number of hydrogen-bond acceptors (Lipinski definition) is 7. The van der Waals surface area contributed by atoms with Crippen molar-refractivity contribution < 1.29 is 9.13 Å². The van der Waals surface area contributed by atoms with E-state index in [1.165, 1.54) is 25.1 Å². The lowest BCUT2D eigenvalue weighted by atomic mass is 9.82. The van der Waals surface area contributed by atoms with E-state index < -0.39 is 0 Å². The van der Waals surface area contributed by atoms with Gasteiger partial charge in [-0.3, -0.25) is 0 Å². The maximum absolute atomic E-state index is 13.6. The predicted molar refractivity (Wildman–Crippen MR) is 138 cm³/mol. The summed E-state index contributed by atoms with van der Waals surface area (Å²) in [4.78, 5) is 2.24. The van der Waals surface area contributed by atoms with Crippen LogP contribution in [-0.4, -0.2) is 54.1 Å². The summed E-state index contributed by atoms with van der Waals surface area (Å²) in [7, 11) is 2.17. The van der Waals surface area contributed by atoms with Crippen molar-refractivity contribution in [2.45, 2.75) is 69.1 Å². The molecule has 0 amide bonds. The molecule has 2 aliphatic carbocycles. The standard InChI is InChI=1S/C26H40FN5OS/c1-31(23-9-10-23)34-30-25-13-15-32(26(29)6-3-14-28)17-21(25)18-33-24-11-7-19(8-12-24)20-4-2-5-22(27)16-20/h2-6,14,16,19,21,23-25,30H,7-13,15,17-18,28-29H2,1H3/b14-3-,26-6+. The zero-order valence-electron chi connectivity index (χ0n) is 20.2. The highest BCUT2D eigenvalue weighted by molar-refractivity contribution is 7.95. The number of nitrogens with two attached hydrogens (primary N) is 2. The fourth-order valence-electron chi connectivity index (χ4n) is 5.10. The predicted octanol–water partition coefficient (Wildman–Crippen LogP) is 4.08. The lowest BCUT2D eigenvalue weighted by Gasteiger charge is -2.41. The summed E-state index contributed by atoms with van der Waals surface area (Å²) < 4.78 is 26.2. The summed E-state index contributed by atoms with van der Waals surface area (Å²) in [6.45, 7) is 2.50. The Kier molecular flexibility index (Phi) is 9.17. The summed E-state index contributed by atoms with van der Waals surface area (Å²) in [6.07, 6.45) is 13.2. The van der Waals surface area contributed by atoms with Gasteiger partial charge in [0.1, 0.15) is 5.82 Å². The molecule has 3 aliphatic rings. The number of benzene rings is 1. The van der Waals surface area contributed by atoms with Crippen LogP contribution in [-0.2, 0) is 4.74 Å².